The number of amides is 4. The predicted molar refractivity (Wildman–Crippen MR) is 120 cm³/mol. The molecule has 176 valence electrons. The van der Waals surface area contributed by atoms with Crippen LogP contribution in [0.25, 0.3) is 0 Å². The number of piperidine rings is 1. The zero-order chi connectivity index (χ0) is 23.6. The lowest BCUT2D eigenvalue weighted by molar-refractivity contribution is -0.136. The molecule has 2 saturated heterocycles. The predicted octanol–water partition coefficient (Wildman–Crippen LogP) is 0.0682. The monoisotopic (exact) mass is 462 g/mol. The number of hydrogen-bond donors (Lipinski definition) is 2. The second-order valence-corrected chi connectivity index (χ2v) is 9.57. The summed E-state index contributed by atoms with van der Waals surface area (Å²) in [5, 5.41) is 5.75. The van der Waals surface area contributed by atoms with Crippen LogP contribution in [0.3, 0.4) is 0 Å². The quantitative estimate of drug-likeness (QED) is 0.620. The fraction of sp³-hybridized carbons (Fsp3) is 0.458. The normalized spacial score (nSPS) is 26.9. The SMILES string of the molecule is Cn1cnc2c1C1(CCNC1)N(Cc1cccc3c1C(=O)N(C1CCC(=O)NC1=O)C3=O)CC2. The number of carbonyl (C=O) groups is 4. The highest BCUT2D eigenvalue weighted by Crippen LogP contribution is 2.41. The van der Waals surface area contributed by atoms with E-state index in [-0.39, 0.29) is 24.3 Å². The van der Waals surface area contributed by atoms with Crippen LogP contribution in [0.1, 0.15) is 56.9 Å². The Kier molecular flexibility index (Phi) is 4.72. The van der Waals surface area contributed by atoms with Crippen molar-refractivity contribution in [2.75, 3.05) is 19.6 Å². The van der Waals surface area contributed by atoms with E-state index in [0.717, 1.165) is 48.6 Å². The number of imide groups is 2. The van der Waals surface area contributed by atoms with Crippen LogP contribution < -0.4 is 10.6 Å². The van der Waals surface area contributed by atoms with Crippen LogP contribution in [0.15, 0.2) is 24.5 Å². The Morgan fingerprint density at radius 3 is 2.76 bits per heavy atom. The van der Waals surface area contributed by atoms with Crippen LogP contribution in [-0.2, 0) is 35.1 Å². The average molecular weight is 463 g/mol. The maximum Gasteiger partial charge on any atom is 0.262 e. The van der Waals surface area contributed by atoms with Gasteiger partial charge < -0.3 is 9.88 Å². The number of benzene rings is 1. The second-order valence-electron chi connectivity index (χ2n) is 9.57. The summed E-state index contributed by atoms with van der Waals surface area (Å²) in [6.45, 7) is 3.00. The molecule has 2 aromatic rings. The van der Waals surface area contributed by atoms with Gasteiger partial charge in [-0.25, -0.2) is 4.98 Å². The van der Waals surface area contributed by atoms with Crippen LogP contribution in [0.2, 0.25) is 0 Å². The smallest absolute Gasteiger partial charge is 0.262 e. The third-order valence-electron chi connectivity index (χ3n) is 7.73. The van der Waals surface area contributed by atoms with Crippen LogP contribution in [0.4, 0.5) is 0 Å². The summed E-state index contributed by atoms with van der Waals surface area (Å²) in [4.78, 5) is 58.8. The number of carbonyl (C=O) groups excluding carboxylic acids is 4. The summed E-state index contributed by atoms with van der Waals surface area (Å²) in [5.41, 5.74) is 3.58. The van der Waals surface area contributed by atoms with Crippen molar-refractivity contribution in [2.24, 2.45) is 7.05 Å². The van der Waals surface area contributed by atoms with Crippen LogP contribution in [0, 0.1) is 0 Å². The molecule has 1 aromatic heterocycles. The van der Waals surface area contributed by atoms with Crippen molar-refractivity contribution in [2.45, 2.75) is 43.8 Å². The molecule has 6 rings (SSSR count). The Bertz CT molecular complexity index is 1240. The lowest BCUT2D eigenvalue weighted by Crippen LogP contribution is -2.54. The molecule has 0 aliphatic carbocycles. The topological polar surface area (TPSA) is 117 Å². The molecule has 4 aliphatic heterocycles. The molecule has 10 heteroatoms. The number of imidazole rings is 1. The van der Waals surface area contributed by atoms with Gasteiger partial charge in [-0.15, -0.1) is 0 Å². The van der Waals surface area contributed by atoms with Gasteiger partial charge in [0, 0.05) is 39.5 Å². The van der Waals surface area contributed by atoms with Crippen molar-refractivity contribution in [1.82, 2.24) is 30.0 Å². The van der Waals surface area contributed by atoms with Gasteiger partial charge >= 0.3 is 0 Å². The Labute approximate surface area is 196 Å². The van der Waals surface area contributed by atoms with Gasteiger partial charge in [0.1, 0.15) is 6.04 Å². The second kappa shape index (κ2) is 7.57. The van der Waals surface area contributed by atoms with E-state index in [1.54, 1.807) is 12.1 Å². The van der Waals surface area contributed by atoms with Gasteiger partial charge in [-0.1, -0.05) is 12.1 Å². The average Bonchev–Trinajstić information content (AvgIpc) is 3.50. The molecular formula is C24H26N6O4. The fourth-order valence-electron chi connectivity index (χ4n) is 6.17. The van der Waals surface area contributed by atoms with E-state index in [9.17, 15) is 19.2 Å². The minimum Gasteiger partial charge on any atom is -0.336 e. The number of hydrogen-bond acceptors (Lipinski definition) is 7. The maximum atomic E-state index is 13.5. The zero-order valence-corrected chi connectivity index (χ0v) is 19.0. The standard InChI is InChI=1S/C24H26N6O4/c1-28-13-26-16-7-10-29(24(20(16)28)8-9-25-12-24)11-14-3-2-4-15-19(14)23(34)30(22(15)33)17-5-6-18(31)27-21(17)32/h2-4,13,17,25H,5-12H2,1H3,(H,27,31,32). The summed E-state index contributed by atoms with van der Waals surface area (Å²) in [6.07, 6.45) is 3.88. The highest BCUT2D eigenvalue weighted by atomic mass is 16.2. The fourth-order valence-corrected chi connectivity index (χ4v) is 6.17. The zero-order valence-electron chi connectivity index (χ0n) is 19.0. The van der Waals surface area contributed by atoms with Gasteiger partial charge in [0.25, 0.3) is 11.8 Å². The molecule has 4 aliphatic rings. The number of rotatable bonds is 3. The number of aromatic nitrogens is 2. The third-order valence-corrected chi connectivity index (χ3v) is 7.73. The molecule has 34 heavy (non-hydrogen) atoms. The first kappa shape index (κ1) is 21.2. The van der Waals surface area contributed by atoms with E-state index in [1.807, 2.05) is 19.4 Å². The van der Waals surface area contributed by atoms with Crippen LogP contribution in [0.5, 0.6) is 0 Å². The first-order valence-electron chi connectivity index (χ1n) is 11.7. The number of nitrogens with zero attached hydrogens (tertiary/aromatic N) is 4. The molecule has 2 fully saturated rings. The number of fused-ring (bicyclic) bond motifs is 3. The van der Waals surface area contributed by atoms with Crippen molar-refractivity contribution in [3.8, 4) is 0 Å². The van der Waals surface area contributed by atoms with E-state index in [2.05, 4.69) is 25.1 Å². The molecule has 0 radical (unpaired) electrons. The van der Waals surface area contributed by atoms with Gasteiger partial charge in [-0.05, 0) is 31.0 Å². The number of nitrogens with one attached hydrogen (secondary N) is 2. The van der Waals surface area contributed by atoms with Gasteiger partial charge in [-0.2, -0.15) is 0 Å². The van der Waals surface area contributed by atoms with E-state index in [1.165, 1.54) is 5.69 Å². The molecule has 0 bridgehead atoms. The van der Waals surface area contributed by atoms with Crippen LogP contribution >= 0.6 is 0 Å². The maximum absolute atomic E-state index is 13.5. The highest BCUT2D eigenvalue weighted by molar-refractivity contribution is 6.24. The summed E-state index contributed by atoms with van der Waals surface area (Å²) in [5.74, 6) is -1.90. The van der Waals surface area contributed by atoms with Crippen molar-refractivity contribution in [3.05, 3.63) is 52.6 Å². The Balaban J connectivity index is 1.35. The summed E-state index contributed by atoms with van der Waals surface area (Å²) >= 11 is 0. The minimum atomic E-state index is -0.963. The molecule has 4 amide bonds. The third kappa shape index (κ3) is 2.91. The lowest BCUT2D eigenvalue weighted by Gasteiger charge is -2.44. The Morgan fingerprint density at radius 2 is 2.00 bits per heavy atom. The first-order valence-corrected chi connectivity index (χ1v) is 11.7. The molecular weight excluding hydrogens is 436 g/mol. The molecule has 5 heterocycles. The van der Waals surface area contributed by atoms with Gasteiger partial charge in [0.15, 0.2) is 0 Å². The molecule has 2 N–H and O–H groups in total. The summed E-state index contributed by atoms with van der Waals surface area (Å²) in [7, 11) is 2.02. The van der Waals surface area contributed by atoms with E-state index >= 15 is 0 Å². The van der Waals surface area contributed by atoms with Crippen molar-refractivity contribution >= 4 is 23.6 Å². The molecule has 1 aromatic carbocycles. The number of aryl methyl sites for hydroxylation is 1. The van der Waals surface area contributed by atoms with Crippen molar-refractivity contribution in [3.63, 3.8) is 0 Å². The minimum absolute atomic E-state index is 0.104. The van der Waals surface area contributed by atoms with Gasteiger partial charge in [-0.3, -0.25) is 34.3 Å². The summed E-state index contributed by atoms with van der Waals surface area (Å²) < 4.78 is 2.10. The Hall–Kier alpha value is -3.37. The van der Waals surface area contributed by atoms with Gasteiger partial charge in [0.05, 0.1) is 34.4 Å². The molecule has 2 unspecified atom stereocenters. The highest BCUT2D eigenvalue weighted by Gasteiger charge is 2.49. The molecule has 2 atom stereocenters. The molecule has 10 nitrogen and oxygen atoms in total. The van der Waals surface area contributed by atoms with Crippen molar-refractivity contribution < 1.29 is 19.2 Å². The van der Waals surface area contributed by atoms with E-state index in [0.29, 0.717) is 17.7 Å². The Morgan fingerprint density at radius 1 is 1.15 bits per heavy atom. The largest absolute Gasteiger partial charge is 0.336 e. The summed E-state index contributed by atoms with van der Waals surface area (Å²) in [6, 6.07) is 4.38. The van der Waals surface area contributed by atoms with Crippen LogP contribution in [-0.4, -0.2) is 68.7 Å². The molecule has 1 spiro atoms. The van der Waals surface area contributed by atoms with Gasteiger partial charge in [0.2, 0.25) is 11.8 Å². The molecule has 0 saturated carbocycles. The van der Waals surface area contributed by atoms with E-state index < -0.39 is 23.8 Å². The lowest BCUT2D eigenvalue weighted by atomic mass is 9.85. The first-order chi connectivity index (χ1) is 16.4. The van der Waals surface area contributed by atoms with E-state index in [4.69, 9.17) is 0 Å². The van der Waals surface area contributed by atoms with Crippen molar-refractivity contribution in [1.29, 1.82) is 0 Å².